The molecule has 3 rings (SSSR count). The fourth-order valence-electron chi connectivity index (χ4n) is 2.15. The molecule has 0 bridgehead atoms. The van der Waals surface area contributed by atoms with Gasteiger partial charge in [-0.15, -0.1) is 5.10 Å². The van der Waals surface area contributed by atoms with Crippen LogP contribution < -0.4 is 5.73 Å². The number of anilines is 1. The smallest absolute Gasteiger partial charge is 0.383 e. The summed E-state index contributed by atoms with van der Waals surface area (Å²) in [4.78, 5) is 6.98. The lowest BCUT2D eigenvalue weighted by molar-refractivity contribution is -0.144. The Kier molecular flexibility index (Phi) is 3.78. The minimum absolute atomic E-state index is 0.0263. The van der Waals surface area contributed by atoms with Crippen molar-refractivity contribution < 1.29 is 26.3 Å². The Morgan fingerprint density at radius 1 is 1.04 bits per heavy atom. The molecule has 0 saturated heterocycles. The van der Waals surface area contributed by atoms with Gasteiger partial charge in [-0.1, -0.05) is 11.6 Å². The van der Waals surface area contributed by atoms with E-state index in [9.17, 15) is 26.3 Å². The molecule has 0 fully saturated rings. The van der Waals surface area contributed by atoms with Crippen LogP contribution in [0.15, 0.2) is 24.4 Å². The molecule has 0 unspecified atom stereocenters. The van der Waals surface area contributed by atoms with Gasteiger partial charge in [-0.3, -0.25) is 0 Å². The summed E-state index contributed by atoms with van der Waals surface area (Å²) in [6, 6.07) is 2.57. The van der Waals surface area contributed by atoms with Crippen molar-refractivity contribution in [3.8, 4) is 5.82 Å². The average molecular weight is 382 g/mol. The molecule has 0 radical (unpaired) electrons. The van der Waals surface area contributed by atoms with Gasteiger partial charge in [-0.05, 0) is 18.2 Å². The van der Waals surface area contributed by atoms with Crippen molar-refractivity contribution >= 4 is 28.5 Å². The topological polar surface area (TPSA) is 69.6 Å². The van der Waals surface area contributed by atoms with Crippen molar-refractivity contribution in [2.24, 2.45) is 0 Å². The zero-order valence-corrected chi connectivity index (χ0v) is 12.6. The maximum Gasteiger partial charge on any atom is 0.433 e. The van der Waals surface area contributed by atoms with E-state index in [0.717, 1.165) is 4.68 Å². The summed E-state index contributed by atoms with van der Waals surface area (Å²) in [5, 5.41) is 3.14. The van der Waals surface area contributed by atoms with Crippen LogP contribution in [-0.4, -0.2) is 19.7 Å². The third-order valence-electron chi connectivity index (χ3n) is 3.20. The number of hydrogen-bond donors (Lipinski definition) is 1. The minimum atomic E-state index is -5.09. The number of pyridine rings is 2. The van der Waals surface area contributed by atoms with Gasteiger partial charge in [-0.2, -0.15) is 31.0 Å². The largest absolute Gasteiger partial charge is 0.433 e. The second kappa shape index (κ2) is 5.48. The zero-order valence-electron chi connectivity index (χ0n) is 11.8. The Morgan fingerprint density at radius 3 is 2.24 bits per heavy atom. The first-order chi connectivity index (χ1) is 11.5. The highest BCUT2D eigenvalue weighted by Gasteiger charge is 2.41. The summed E-state index contributed by atoms with van der Waals surface area (Å²) >= 11 is 5.66. The first-order valence-corrected chi connectivity index (χ1v) is 6.82. The van der Waals surface area contributed by atoms with Crippen molar-refractivity contribution in [3.63, 3.8) is 0 Å². The van der Waals surface area contributed by atoms with Gasteiger partial charge >= 0.3 is 12.4 Å². The van der Waals surface area contributed by atoms with Crippen LogP contribution in [0.25, 0.3) is 16.9 Å². The number of alkyl halides is 6. The molecular weight excluding hydrogens is 376 g/mol. The molecule has 3 aromatic heterocycles. The standard InChI is InChI=1S/C13H6ClF6N5/c14-5-1-2-8(22-4-5)25-10(21)9-6(12(15,16)17)3-7(13(18,19)20)23-11(9)24-25/h1-4H,21H2. The van der Waals surface area contributed by atoms with E-state index in [4.69, 9.17) is 17.3 Å². The quantitative estimate of drug-likeness (QED) is 0.645. The first-order valence-electron chi connectivity index (χ1n) is 6.44. The third-order valence-corrected chi connectivity index (χ3v) is 3.43. The Labute approximate surface area is 140 Å². The minimum Gasteiger partial charge on any atom is -0.383 e. The second-order valence-electron chi connectivity index (χ2n) is 4.88. The summed E-state index contributed by atoms with van der Waals surface area (Å²) in [6.45, 7) is 0. The second-order valence-corrected chi connectivity index (χ2v) is 5.32. The molecule has 25 heavy (non-hydrogen) atoms. The third kappa shape index (κ3) is 3.06. The molecule has 0 aliphatic rings. The van der Waals surface area contributed by atoms with E-state index in [0.29, 0.717) is 0 Å². The van der Waals surface area contributed by atoms with Crippen molar-refractivity contribution in [1.82, 2.24) is 19.7 Å². The molecule has 12 heteroatoms. The molecule has 0 aliphatic heterocycles. The van der Waals surface area contributed by atoms with E-state index in [-0.39, 0.29) is 16.9 Å². The maximum atomic E-state index is 13.2. The van der Waals surface area contributed by atoms with Crippen LogP contribution in [-0.2, 0) is 12.4 Å². The molecule has 3 heterocycles. The molecule has 0 aliphatic carbocycles. The van der Waals surface area contributed by atoms with E-state index in [1.807, 2.05) is 0 Å². The molecule has 5 nitrogen and oxygen atoms in total. The summed E-state index contributed by atoms with van der Waals surface area (Å²) in [5.41, 5.74) is 1.57. The van der Waals surface area contributed by atoms with E-state index in [1.54, 1.807) is 0 Å². The van der Waals surface area contributed by atoms with Gasteiger partial charge in [0.25, 0.3) is 0 Å². The van der Waals surface area contributed by atoms with Gasteiger partial charge in [0.2, 0.25) is 0 Å². The van der Waals surface area contributed by atoms with Crippen LogP contribution in [0.4, 0.5) is 32.2 Å². The number of aromatic nitrogens is 4. The molecule has 3 aromatic rings. The number of nitrogens with two attached hydrogens (primary N) is 1. The molecule has 0 amide bonds. The molecule has 2 N–H and O–H groups in total. The number of halogens is 7. The molecule has 0 saturated carbocycles. The van der Waals surface area contributed by atoms with Crippen LogP contribution >= 0.6 is 11.6 Å². The van der Waals surface area contributed by atoms with Gasteiger partial charge in [0.1, 0.15) is 11.5 Å². The highest BCUT2D eigenvalue weighted by atomic mass is 35.5. The Bertz CT molecular complexity index is 945. The number of nitrogens with zero attached hydrogens (tertiary/aromatic N) is 4. The van der Waals surface area contributed by atoms with Crippen LogP contribution in [0.1, 0.15) is 11.3 Å². The van der Waals surface area contributed by atoms with Crippen LogP contribution in [0.5, 0.6) is 0 Å². The fraction of sp³-hybridized carbons (Fsp3) is 0.154. The molecule has 0 aromatic carbocycles. The summed E-state index contributed by atoms with van der Waals surface area (Å²) in [7, 11) is 0. The van der Waals surface area contributed by atoms with E-state index in [2.05, 4.69) is 15.1 Å². The lowest BCUT2D eigenvalue weighted by Crippen LogP contribution is -2.13. The number of rotatable bonds is 1. The summed E-state index contributed by atoms with van der Waals surface area (Å²) < 4.78 is 78.9. The first kappa shape index (κ1) is 17.3. The number of hydrogen-bond acceptors (Lipinski definition) is 4. The number of nitrogen functional groups attached to an aromatic ring is 1. The lowest BCUT2D eigenvalue weighted by atomic mass is 10.1. The molecule has 0 atom stereocenters. The molecule has 132 valence electrons. The van der Waals surface area contributed by atoms with Crippen molar-refractivity contribution in [2.75, 3.05) is 5.73 Å². The highest BCUT2D eigenvalue weighted by molar-refractivity contribution is 6.30. The van der Waals surface area contributed by atoms with Crippen LogP contribution in [0.3, 0.4) is 0 Å². The van der Waals surface area contributed by atoms with E-state index in [1.165, 1.54) is 18.3 Å². The molecule has 0 spiro atoms. The Balaban J connectivity index is 2.34. The van der Waals surface area contributed by atoms with Crippen molar-refractivity contribution in [1.29, 1.82) is 0 Å². The number of fused-ring (bicyclic) bond motifs is 1. The van der Waals surface area contributed by atoms with Crippen molar-refractivity contribution in [2.45, 2.75) is 12.4 Å². The van der Waals surface area contributed by atoms with Gasteiger partial charge in [0, 0.05) is 6.20 Å². The van der Waals surface area contributed by atoms with Gasteiger partial charge < -0.3 is 5.73 Å². The monoisotopic (exact) mass is 381 g/mol. The SMILES string of the molecule is Nc1c2c(C(F)(F)F)cc(C(F)(F)F)nc2nn1-c1ccc(Cl)cn1. The summed E-state index contributed by atoms with van der Waals surface area (Å²) in [6.07, 6.45) is -8.98. The predicted octanol–water partition coefficient (Wildman–Crippen LogP) is 4.09. The van der Waals surface area contributed by atoms with Crippen molar-refractivity contribution in [3.05, 3.63) is 40.7 Å². The van der Waals surface area contributed by atoms with Gasteiger partial charge in [0.05, 0.1) is 16.0 Å². The Hall–Kier alpha value is -2.56. The van der Waals surface area contributed by atoms with Gasteiger partial charge in [0.15, 0.2) is 11.5 Å². The predicted molar refractivity (Wildman–Crippen MR) is 76.1 cm³/mol. The normalized spacial score (nSPS) is 12.8. The van der Waals surface area contributed by atoms with Crippen LogP contribution in [0, 0.1) is 0 Å². The summed E-state index contributed by atoms with van der Waals surface area (Å²) in [5.74, 6) is -0.569. The average Bonchev–Trinajstić information content (AvgIpc) is 2.82. The van der Waals surface area contributed by atoms with E-state index >= 15 is 0 Å². The van der Waals surface area contributed by atoms with E-state index < -0.39 is 40.5 Å². The zero-order chi connectivity index (χ0) is 18.6. The molecular formula is C13H6ClF6N5. The highest BCUT2D eigenvalue weighted by Crippen LogP contribution is 2.40. The van der Waals surface area contributed by atoms with Crippen LogP contribution in [0.2, 0.25) is 5.02 Å². The fourth-order valence-corrected chi connectivity index (χ4v) is 2.26. The van der Waals surface area contributed by atoms with Gasteiger partial charge in [-0.25, -0.2) is 9.97 Å². The lowest BCUT2D eigenvalue weighted by Gasteiger charge is -2.11. The Morgan fingerprint density at radius 2 is 1.72 bits per heavy atom. The maximum absolute atomic E-state index is 13.2.